The summed E-state index contributed by atoms with van der Waals surface area (Å²) in [7, 11) is 0. The molecule has 1 amide bonds. The highest BCUT2D eigenvalue weighted by Crippen LogP contribution is 2.39. The highest BCUT2D eigenvalue weighted by atomic mass is 32.2. The largest absolute Gasteiger partial charge is 0.370 e. The molecule has 0 saturated carbocycles. The molecule has 6 rings (SSSR count). The standard InChI is InChI=1S/C29H29N5O3S2/c1-18(14-19-10-6-4-7-11-19)30-23(35)17-38-28-32-31-27-33(20-12-8-5-9-13-20)25(36)24-21-15-29(2,3)37-16-22(21)39-26(24)34(27)28/h4-13,18H,14-17H2,1-3H3,(H,30,35)/t18-/m1/s1. The van der Waals surface area contributed by atoms with Crippen LogP contribution in [-0.2, 0) is 29.0 Å². The van der Waals surface area contributed by atoms with Crippen LogP contribution in [0.2, 0.25) is 0 Å². The first kappa shape index (κ1) is 25.8. The number of carbonyl (C=O) groups excluding carboxylic acids is 1. The molecule has 1 aliphatic heterocycles. The van der Waals surface area contributed by atoms with E-state index in [1.54, 1.807) is 15.9 Å². The number of hydrogen-bond donors (Lipinski definition) is 1. The van der Waals surface area contributed by atoms with Crippen molar-refractivity contribution in [3.63, 3.8) is 0 Å². The zero-order valence-corrected chi connectivity index (χ0v) is 23.6. The molecule has 39 heavy (non-hydrogen) atoms. The summed E-state index contributed by atoms with van der Waals surface area (Å²) in [5, 5.41) is 13.2. The van der Waals surface area contributed by atoms with Crippen molar-refractivity contribution >= 4 is 45.0 Å². The molecule has 4 heterocycles. The second kappa shape index (κ2) is 10.3. The molecule has 8 nitrogen and oxygen atoms in total. The van der Waals surface area contributed by atoms with Gasteiger partial charge >= 0.3 is 0 Å². The zero-order chi connectivity index (χ0) is 27.1. The van der Waals surface area contributed by atoms with Crippen LogP contribution in [0.15, 0.2) is 70.6 Å². The number of thiophene rings is 1. The number of nitrogens with one attached hydrogen (secondary N) is 1. The first-order chi connectivity index (χ1) is 18.8. The summed E-state index contributed by atoms with van der Waals surface area (Å²) >= 11 is 2.86. The molecule has 1 atom stereocenters. The van der Waals surface area contributed by atoms with Crippen LogP contribution in [0.3, 0.4) is 0 Å². The predicted octanol–water partition coefficient (Wildman–Crippen LogP) is 4.79. The fraction of sp³-hybridized carbons (Fsp3) is 0.310. The second-order valence-corrected chi connectivity index (χ2v) is 12.5. The molecule has 0 bridgehead atoms. The van der Waals surface area contributed by atoms with Gasteiger partial charge in [0.25, 0.3) is 5.56 Å². The van der Waals surface area contributed by atoms with Gasteiger partial charge in [-0.05, 0) is 50.5 Å². The summed E-state index contributed by atoms with van der Waals surface area (Å²) in [6.45, 7) is 6.56. The molecule has 0 aliphatic carbocycles. The van der Waals surface area contributed by atoms with Gasteiger partial charge in [-0.1, -0.05) is 60.3 Å². The van der Waals surface area contributed by atoms with Crippen molar-refractivity contribution in [3.05, 3.63) is 87.0 Å². The minimum absolute atomic E-state index is 0.00186. The Bertz CT molecular complexity index is 1720. The van der Waals surface area contributed by atoms with Crippen molar-refractivity contribution < 1.29 is 9.53 Å². The van der Waals surface area contributed by atoms with Gasteiger partial charge in [0, 0.05) is 17.3 Å². The molecule has 0 unspecified atom stereocenters. The van der Waals surface area contributed by atoms with Gasteiger partial charge in [-0.15, -0.1) is 21.5 Å². The maximum atomic E-state index is 14.0. The first-order valence-corrected chi connectivity index (χ1v) is 14.7. The molecular formula is C29H29N5O3S2. The average molecular weight is 560 g/mol. The molecule has 0 radical (unpaired) electrons. The highest BCUT2D eigenvalue weighted by molar-refractivity contribution is 7.99. The third kappa shape index (κ3) is 4.99. The number of aromatic nitrogens is 4. The third-order valence-corrected chi connectivity index (χ3v) is 8.96. The van der Waals surface area contributed by atoms with E-state index in [1.807, 2.05) is 73.7 Å². The number of carbonyl (C=O) groups is 1. The summed E-state index contributed by atoms with van der Waals surface area (Å²) in [6, 6.07) is 19.6. The van der Waals surface area contributed by atoms with Gasteiger partial charge in [-0.3, -0.25) is 9.59 Å². The number of hydrogen-bond acceptors (Lipinski definition) is 7. The van der Waals surface area contributed by atoms with E-state index in [0.717, 1.165) is 27.4 Å². The van der Waals surface area contributed by atoms with E-state index in [0.29, 0.717) is 29.3 Å². The Hall–Kier alpha value is -3.47. The minimum atomic E-state index is -0.362. The SMILES string of the molecule is C[C@H](Cc1ccccc1)NC(=O)CSc1nnc2n(-c3ccccc3)c(=O)c3c4c(sc3n12)COC(C)(C)C4. The number of fused-ring (bicyclic) bond motifs is 5. The second-order valence-electron chi connectivity index (χ2n) is 10.5. The molecule has 0 spiro atoms. The van der Waals surface area contributed by atoms with Crippen molar-refractivity contribution in [2.45, 2.75) is 57.0 Å². The van der Waals surface area contributed by atoms with E-state index >= 15 is 0 Å². The Kier molecular flexibility index (Phi) is 6.78. The molecule has 0 saturated heterocycles. The highest BCUT2D eigenvalue weighted by Gasteiger charge is 2.32. The van der Waals surface area contributed by atoms with Crippen LogP contribution in [0, 0.1) is 0 Å². The van der Waals surface area contributed by atoms with E-state index in [2.05, 4.69) is 27.6 Å². The maximum Gasteiger partial charge on any atom is 0.268 e. The summed E-state index contributed by atoms with van der Waals surface area (Å²) in [5.74, 6) is 0.541. The Labute approximate surface area is 234 Å². The lowest BCUT2D eigenvalue weighted by Crippen LogP contribution is -2.35. The fourth-order valence-electron chi connectivity index (χ4n) is 5.07. The van der Waals surface area contributed by atoms with E-state index in [1.165, 1.54) is 17.3 Å². The molecule has 3 aromatic heterocycles. The van der Waals surface area contributed by atoms with Gasteiger partial charge in [0.1, 0.15) is 4.83 Å². The maximum absolute atomic E-state index is 14.0. The third-order valence-electron chi connectivity index (χ3n) is 6.84. The monoisotopic (exact) mass is 559 g/mol. The zero-order valence-electron chi connectivity index (χ0n) is 22.0. The number of para-hydroxylation sites is 1. The molecule has 10 heteroatoms. The quantitative estimate of drug-likeness (QED) is 0.289. The van der Waals surface area contributed by atoms with Gasteiger partial charge in [0.05, 0.1) is 29.0 Å². The van der Waals surface area contributed by atoms with Crippen LogP contribution < -0.4 is 10.9 Å². The topological polar surface area (TPSA) is 90.5 Å². The molecule has 1 N–H and O–H groups in total. The number of benzene rings is 2. The normalized spacial score (nSPS) is 15.4. The Morgan fingerprint density at radius 2 is 1.85 bits per heavy atom. The van der Waals surface area contributed by atoms with Gasteiger partial charge in [0.15, 0.2) is 5.16 Å². The number of amides is 1. The van der Waals surface area contributed by atoms with E-state index in [-0.39, 0.29) is 28.9 Å². The molecule has 0 fully saturated rings. The molecular weight excluding hydrogens is 530 g/mol. The average Bonchev–Trinajstić information content (AvgIpc) is 3.49. The van der Waals surface area contributed by atoms with Crippen LogP contribution in [0.5, 0.6) is 0 Å². The Balaban J connectivity index is 1.37. The van der Waals surface area contributed by atoms with Gasteiger partial charge < -0.3 is 10.1 Å². The van der Waals surface area contributed by atoms with Crippen LogP contribution >= 0.6 is 23.1 Å². The fourth-order valence-corrected chi connectivity index (χ4v) is 7.10. The summed E-state index contributed by atoms with van der Waals surface area (Å²) < 4.78 is 9.60. The van der Waals surface area contributed by atoms with Crippen molar-refractivity contribution in [2.24, 2.45) is 0 Å². The molecule has 1 aliphatic rings. The number of nitrogens with zero attached hydrogens (tertiary/aromatic N) is 4. The smallest absolute Gasteiger partial charge is 0.268 e. The minimum Gasteiger partial charge on any atom is -0.370 e. The lowest BCUT2D eigenvalue weighted by Gasteiger charge is -2.29. The van der Waals surface area contributed by atoms with Crippen molar-refractivity contribution in [3.8, 4) is 5.69 Å². The number of rotatable bonds is 7. The molecule has 200 valence electrons. The number of thioether (sulfide) groups is 1. The Morgan fingerprint density at radius 1 is 1.13 bits per heavy atom. The van der Waals surface area contributed by atoms with Crippen molar-refractivity contribution in [1.82, 2.24) is 24.5 Å². The van der Waals surface area contributed by atoms with Crippen molar-refractivity contribution in [2.75, 3.05) is 5.75 Å². The lowest BCUT2D eigenvalue weighted by atomic mass is 9.94. The summed E-state index contributed by atoms with van der Waals surface area (Å²) in [6.07, 6.45) is 1.40. The van der Waals surface area contributed by atoms with Gasteiger partial charge in [0.2, 0.25) is 11.7 Å². The van der Waals surface area contributed by atoms with E-state index < -0.39 is 0 Å². The molecule has 2 aromatic carbocycles. The summed E-state index contributed by atoms with van der Waals surface area (Å²) in [5.41, 5.74) is 2.45. The first-order valence-electron chi connectivity index (χ1n) is 12.9. The van der Waals surface area contributed by atoms with Gasteiger partial charge in [-0.2, -0.15) is 0 Å². The summed E-state index contributed by atoms with van der Waals surface area (Å²) in [4.78, 5) is 28.7. The van der Waals surface area contributed by atoms with Crippen molar-refractivity contribution in [1.29, 1.82) is 0 Å². The predicted molar refractivity (Wildman–Crippen MR) is 155 cm³/mol. The van der Waals surface area contributed by atoms with Crippen LogP contribution in [0.25, 0.3) is 21.7 Å². The number of ether oxygens (including phenoxy) is 1. The Morgan fingerprint density at radius 3 is 2.59 bits per heavy atom. The molecule has 5 aromatic rings. The van der Waals surface area contributed by atoms with Crippen LogP contribution in [0.1, 0.15) is 36.8 Å². The van der Waals surface area contributed by atoms with Crippen LogP contribution in [0.4, 0.5) is 0 Å². The van der Waals surface area contributed by atoms with Gasteiger partial charge in [-0.25, -0.2) is 8.97 Å². The van der Waals surface area contributed by atoms with Crippen LogP contribution in [-0.4, -0.2) is 42.5 Å². The van der Waals surface area contributed by atoms with E-state index in [9.17, 15) is 9.59 Å². The lowest BCUT2D eigenvalue weighted by molar-refractivity contribution is -0.119. The van der Waals surface area contributed by atoms with E-state index in [4.69, 9.17) is 4.74 Å².